The molecule has 66 valence electrons. The number of halogens is 1. The largest absolute Gasteiger partial charge is 0.370 e. The van der Waals surface area contributed by atoms with Gasteiger partial charge in [0.2, 0.25) is 5.91 Å². The van der Waals surface area contributed by atoms with E-state index in [2.05, 4.69) is 0 Å². The lowest BCUT2D eigenvalue weighted by Crippen LogP contribution is -2.42. The lowest BCUT2D eigenvalue weighted by molar-refractivity contribution is -0.119. The Labute approximate surface area is 72.9 Å². The highest BCUT2D eigenvalue weighted by Gasteiger charge is 2.39. The summed E-state index contributed by atoms with van der Waals surface area (Å²) in [6, 6.07) is 0. The Morgan fingerprint density at radius 2 is 2.09 bits per heavy atom. The second-order valence-electron chi connectivity index (χ2n) is 3.42. The van der Waals surface area contributed by atoms with Crippen LogP contribution in [0.5, 0.6) is 0 Å². The predicted molar refractivity (Wildman–Crippen MR) is 46.4 cm³/mol. The normalized spacial score (nSPS) is 21.6. The van der Waals surface area contributed by atoms with Crippen molar-refractivity contribution in [3.63, 3.8) is 0 Å². The maximum absolute atomic E-state index is 10.5. The summed E-state index contributed by atoms with van der Waals surface area (Å²) in [5.41, 5.74) is 10.5. The quantitative estimate of drug-likeness (QED) is 0.658. The molecule has 11 heavy (non-hydrogen) atoms. The standard InChI is InChI=1S/C7H14N2O.ClH/c1-7(9,4-6(8)10)5-2-3-5;/h5H,2-4,9H2,1H3,(H2,8,10);1H/t7-;/m0./s1. The third-order valence-electron chi connectivity index (χ3n) is 2.07. The SMILES string of the molecule is C[C@](N)(CC(N)=O)C1CC1.Cl. The van der Waals surface area contributed by atoms with Crippen molar-refractivity contribution in [2.75, 3.05) is 0 Å². The molecule has 0 spiro atoms. The van der Waals surface area contributed by atoms with Gasteiger partial charge in [-0.05, 0) is 25.7 Å². The van der Waals surface area contributed by atoms with Gasteiger partial charge in [0.05, 0.1) is 0 Å². The number of hydrogen-bond donors (Lipinski definition) is 2. The average Bonchev–Trinajstić information content (AvgIpc) is 2.35. The zero-order chi connectivity index (χ0) is 7.78. The molecule has 1 saturated carbocycles. The summed E-state index contributed by atoms with van der Waals surface area (Å²) >= 11 is 0. The van der Waals surface area contributed by atoms with Crippen molar-refractivity contribution in [1.82, 2.24) is 0 Å². The summed E-state index contributed by atoms with van der Waals surface area (Å²) in [6.45, 7) is 1.90. The minimum Gasteiger partial charge on any atom is -0.370 e. The van der Waals surface area contributed by atoms with E-state index in [4.69, 9.17) is 11.5 Å². The molecule has 1 rings (SSSR count). The van der Waals surface area contributed by atoms with Gasteiger partial charge in [-0.15, -0.1) is 12.4 Å². The maximum Gasteiger partial charge on any atom is 0.219 e. The van der Waals surface area contributed by atoms with Crippen molar-refractivity contribution in [3.05, 3.63) is 0 Å². The molecule has 1 fully saturated rings. The molecule has 0 heterocycles. The summed E-state index contributed by atoms with van der Waals surface area (Å²) in [5.74, 6) is 0.233. The topological polar surface area (TPSA) is 69.1 Å². The fourth-order valence-electron chi connectivity index (χ4n) is 1.26. The molecule has 4 heteroatoms. The molecule has 1 atom stereocenters. The molecule has 1 aliphatic carbocycles. The van der Waals surface area contributed by atoms with Gasteiger partial charge in [0.15, 0.2) is 0 Å². The van der Waals surface area contributed by atoms with Gasteiger partial charge in [-0.3, -0.25) is 4.79 Å². The van der Waals surface area contributed by atoms with Crippen molar-refractivity contribution < 1.29 is 4.79 Å². The van der Waals surface area contributed by atoms with E-state index in [1.54, 1.807) is 0 Å². The summed E-state index contributed by atoms with van der Waals surface area (Å²) in [6.07, 6.45) is 2.62. The maximum atomic E-state index is 10.5. The van der Waals surface area contributed by atoms with Crippen molar-refractivity contribution >= 4 is 18.3 Å². The van der Waals surface area contributed by atoms with Crippen LogP contribution in [0.15, 0.2) is 0 Å². The van der Waals surface area contributed by atoms with Gasteiger partial charge in [0.25, 0.3) is 0 Å². The van der Waals surface area contributed by atoms with E-state index in [-0.39, 0.29) is 23.9 Å². The molecule has 0 unspecified atom stereocenters. The fourth-order valence-corrected chi connectivity index (χ4v) is 1.26. The van der Waals surface area contributed by atoms with Crippen LogP contribution in [0, 0.1) is 5.92 Å². The Morgan fingerprint density at radius 3 is 2.36 bits per heavy atom. The van der Waals surface area contributed by atoms with Crippen LogP contribution in [-0.4, -0.2) is 11.4 Å². The van der Waals surface area contributed by atoms with E-state index >= 15 is 0 Å². The number of rotatable bonds is 3. The number of hydrogen-bond acceptors (Lipinski definition) is 2. The Balaban J connectivity index is 0.000001000. The summed E-state index contributed by atoms with van der Waals surface area (Å²) in [4.78, 5) is 10.5. The smallest absolute Gasteiger partial charge is 0.219 e. The van der Waals surface area contributed by atoms with E-state index < -0.39 is 0 Å². The molecule has 1 aliphatic rings. The second kappa shape index (κ2) is 3.41. The highest BCUT2D eigenvalue weighted by atomic mass is 35.5. The molecular weight excluding hydrogens is 164 g/mol. The van der Waals surface area contributed by atoms with Gasteiger partial charge in [0.1, 0.15) is 0 Å². The van der Waals surface area contributed by atoms with Crippen LogP contribution in [0.25, 0.3) is 0 Å². The summed E-state index contributed by atoms with van der Waals surface area (Å²) in [7, 11) is 0. The van der Waals surface area contributed by atoms with Gasteiger partial charge in [0, 0.05) is 12.0 Å². The van der Waals surface area contributed by atoms with E-state index in [0.29, 0.717) is 12.3 Å². The minimum absolute atomic E-state index is 0. The van der Waals surface area contributed by atoms with Crippen molar-refractivity contribution in [2.24, 2.45) is 17.4 Å². The van der Waals surface area contributed by atoms with Crippen molar-refractivity contribution in [3.8, 4) is 0 Å². The molecule has 0 bridgehead atoms. The third kappa shape index (κ3) is 3.08. The number of carbonyl (C=O) groups excluding carboxylic acids is 1. The van der Waals surface area contributed by atoms with Crippen LogP contribution in [0.2, 0.25) is 0 Å². The summed E-state index contributed by atoms with van der Waals surface area (Å²) < 4.78 is 0. The molecule has 0 saturated heterocycles. The minimum atomic E-state index is -0.341. The molecule has 4 N–H and O–H groups in total. The molecular formula is C7H15ClN2O. The van der Waals surface area contributed by atoms with Crippen LogP contribution in [0.4, 0.5) is 0 Å². The van der Waals surface area contributed by atoms with Crippen LogP contribution in [0.1, 0.15) is 26.2 Å². The number of amides is 1. The van der Waals surface area contributed by atoms with Crippen LogP contribution < -0.4 is 11.5 Å². The number of primary amides is 1. The van der Waals surface area contributed by atoms with Crippen LogP contribution in [-0.2, 0) is 4.79 Å². The van der Waals surface area contributed by atoms with Gasteiger partial charge in [-0.1, -0.05) is 0 Å². The third-order valence-corrected chi connectivity index (χ3v) is 2.07. The fraction of sp³-hybridized carbons (Fsp3) is 0.857. The first-order valence-electron chi connectivity index (χ1n) is 3.59. The molecule has 0 radical (unpaired) electrons. The lowest BCUT2D eigenvalue weighted by Gasteiger charge is -2.21. The van der Waals surface area contributed by atoms with E-state index in [9.17, 15) is 4.79 Å². The lowest BCUT2D eigenvalue weighted by atomic mass is 9.93. The molecule has 0 aromatic rings. The zero-order valence-electron chi connectivity index (χ0n) is 6.67. The molecule has 0 aromatic carbocycles. The van der Waals surface area contributed by atoms with Gasteiger partial charge >= 0.3 is 0 Å². The Hall–Kier alpha value is -0.280. The highest BCUT2D eigenvalue weighted by Crippen LogP contribution is 2.39. The Kier molecular flexibility index (Phi) is 3.32. The van der Waals surface area contributed by atoms with Crippen molar-refractivity contribution in [2.45, 2.75) is 31.7 Å². The van der Waals surface area contributed by atoms with Crippen molar-refractivity contribution in [1.29, 1.82) is 0 Å². The first kappa shape index (κ1) is 10.7. The first-order valence-corrected chi connectivity index (χ1v) is 3.59. The van der Waals surface area contributed by atoms with Crippen LogP contribution >= 0.6 is 12.4 Å². The average molecular weight is 179 g/mol. The summed E-state index contributed by atoms with van der Waals surface area (Å²) in [5, 5.41) is 0. The predicted octanol–water partition coefficient (Wildman–Crippen LogP) is 0.411. The van der Waals surface area contributed by atoms with Gasteiger partial charge in [-0.2, -0.15) is 0 Å². The molecule has 3 nitrogen and oxygen atoms in total. The molecule has 0 aromatic heterocycles. The number of carbonyl (C=O) groups is 1. The van der Waals surface area contributed by atoms with Crippen LogP contribution in [0.3, 0.4) is 0 Å². The van der Waals surface area contributed by atoms with E-state index in [1.807, 2.05) is 6.92 Å². The monoisotopic (exact) mass is 178 g/mol. The Morgan fingerprint density at radius 1 is 1.64 bits per heavy atom. The zero-order valence-corrected chi connectivity index (χ0v) is 7.49. The van der Waals surface area contributed by atoms with Gasteiger partial charge in [-0.25, -0.2) is 0 Å². The molecule has 1 amide bonds. The number of nitrogens with two attached hydrogens (primary N) is 2. The second-order valence-corrected chi connectivity index (χ2v) is 3.42. The van der Waals surface area contributed by atoms with E-state index in [0.717, 1.165) is 12.8 Å². The van der Waals surface area contributed by atoms with Gasteiger partial charge < -0.3 is 11.5 Å². The first-order chi connectivity index (χ1) is 4.52. The highest BCUT2D eigenvalue weighted by molar-refractivity contribution is 5.85. The Bertz CT molecular complexity index is 155. The van der Waals surface area contributed by atoms with E-state index in [1.165, 1.54) is 0 Å². The molecule has 0 aliphatic heterocycles.